The summed E-state index contributed by atoms with van der Waals surface area (Å²) in [6.07, 6.45) is 12.6. The maximum atomic E-state index is 5.85. The first-order valence-corrected chi connectivity index (χ1v) is 13.2. The molecule has 7 nitrogen and oxygen atoms in total. The Kier molecular flexibility index (Phi) is 22.3. The Morgan fingerprint density at radius 2 is 0.800 bits per heavy atom. The van der Waals surface area contributed by atoms with Gasteiger partial charge < -0.3 is 33.2 Å². The lowest BCUT2D eigenvalue weighted by Gasteiger charge is -2.30. The molecule has 210 valence electrons. The van der Waals surface area contributed by atoms with Crippen molar-refractivity contribution in [3.63, 3.8) is 0 Å². The first-order valence-electron chi connectivity index (χ1n) is 13.2. The van der Waals surface area contributed by atoms with Crippen LogP contribution in [0.3, 0.4) is 0 Å². The zero-order valence-corrected chi connectivity index (χ0v) is 24.0. The first-order chi connectivity index (χ1) is 16.9. The Morgan fingerprint density at radius 1 is 0.486 bits per heavy atom. The van der Waals surface area contributed by atoms with Crippen LogP contribution in [0.15, 0.2) is 12.7 Å². The maximum absolute atomic E-state index is 5.85. The third kappa shape index (κ3) is 16.0. The second-order valence-corrected chi connectivity index (χ2v) is 9.44. The molecule has 0 rings (SSSR count). The molecule has 0 heterocycles. The SMILES string of the molecule is C=CC[C@@H](C[C@@H](C[C@@H](C[C@@H](C[C@@H](C[C@@H](C[C@@H](CCCCC)OC)OC)OC)OC)OC)OC)OC. The van der Waals surface area contributed by atoms with E-state index in [1.54, 1.807) is 49.8 Å². The molecule has 35 heavy (non-hydrogen) atoms. The predicted octanol–water partition coefficient (Wildman–Crippen LogP) is 5.59. The van der Waals surface area contributed by atoms with Gasteiger partial charge in [-0.25, -0.2) is 0 Å². The monoisotopic (exact) mass is 504 g/mol. The number of rotatable bonds is 25. The highest BCUT2D eigenvalue weighted by Crippen LogP contribution is 2.24. The van der Waals surface area contributed by atoms with Gasteiger partial charge >= 0.3 is 0 Å². The van der Waals surface area contributed by atoms with Gasteiger partial charge in [-0.15, -0.1) is 6.58 Å². The van der Waals surface area contributed by atoms with Crippen LogP contribution in [0.25, 0.3) is 0 Å². The molecule has 0 fully saturated rings. The summed E-state index contributed by atoms with van der Waals surface area (Å²) >= 11 is 0. The lowest BCUT2D eigenvalue weighted by Crippen LogP contribution is -2.33. The predicted molar refractivity (Wildman–Crippen MR) is 142 cm³/mol. The standard InChI is InChI=1S/C28H56O7/c1-10-12-13-15-23(30-4)17-25(32-6)19-27(34-8)21-28(35-9)20-26(33-7)18-24(31-5)16-22(29-3)14-11-2/h11,22-28H,2,10,12-21H2,1,3-9H3/t22-,23+,24-,25+,26-,27+,28-/m0/s1. The fourth-order valence-corrected chi connectivity index (χ4v) is 4.63. The minimum Gasteiger partial charge on any atom is -0.381 e. The molecule has 0 aromatic carbocycles. The molecular formula is C28H56O7. The number of methoxy groups -OCH3 is 7. The van der Waals surface area contributed by atoms with E-state index in [4.69, 9.17) is 33.2 Å². The molecular weight excluding hydrogens is 448 g/mol. The van der Waals surface area contributed by atoms with Crippen molar-refractivity contribution in [1.29, 1.82) is 0 Å². The van der Waals surface area contributed by atoms with Crippen molar-refractivity contribution in [2.75, 3.05) is 49.8 Å². The van der Waals surface area contributed by atoms with Gasteiger partial charge in [0, 0.05) is 56.2 Å². The van der Waals surface area contributed by atoms with Gasteiger partial charge in [0.15, 0.2) is 0 Å². The van der Waals surface area contributed by atoms with E-state index in [1.807, 2.05) is 6.08 Å². The molecule has 0 aromatic heterocycles. The Labute approximate surface area is 216 Å². The molecule has 0 amide bonds. The third-order valence-electron chi connectivity index (χ3n) is 7.05. The van der Waals surface area contributed by atoms with Crippen molar-refractivity contribution in [2.45, 2.75) is 120 Å². The Balaban J connectivity index is 4.92. The van der Waals surface area contributed by atoms with Crippen molar-refractivity contribution in [2.24, 2.45) is 0 Å². The van der Waals surface area contributed by atoms with Crippen molar-refractivity contribution < 1.29 is 33.2 Å². The van der Waals surface area contributed by atoms with Gasteiger partial charge in [-0.3, -0.25) is 0 Å². The van der Waals surface area contributed by atoms with E-state index < -0.39 is 0 Å². The summed E-state index contributed by atoms with van der Waals surface area (Å²) in [4.78, 5) is 0. The molecule has 0 aliphatic rings. The normalized spacial score (nSPS) is 17.9. The maximum Gasteiger partial charge on any atom is 0.0630 e. The summed E-state index contributed by atoms with van der Waals surface area (Å²) < 4.78 is 40.4. The summed E-state index contributed by atoms with van der Waals surface area (Å²) in [7, 11) is 12.3. The van der Waals surface area contributed by atoms with Crippen LogP contribution in [0, 0.1) is 0 Å². The van der Waals surface area contributed by atoms with Crippen LogP contribution in [0.1, 0.15) is 77.6 Å². The van der Waals surface area contributed by atoms with E-state index in [-0.39, 0.29) is 42.7 Å². The average Bonchev–Trinajstić information content (AvgIpc) is 2.88. The summed E-state index contributed by atoms with van der Waals surface area (Å²) in [6.45, 7) is 6.04. The molecule has 0 spiro atoms. The lowest BCUT2D eigenvalue weighted by atomic mass is 9.95. The average molecular weight is 505 g/mol. The van der Waals surface area contributed by atoms with E-state index in [0.717, 1.165) is 51.4 Å². The van der Waals surface area contributed by atoms with E-state index in [2.05, 4.69) is 13.5 Å². The van der Waals surface area contributed by atoms with Gasteiger partial charge in [0.25, 0.3) is 0 Å². The third-order valence-corrected chi connectivity index (χ3v) is 7.05. The molecule has 0 aromatic rings. The van der Waals surface area contributed by atoms with Gasteiger partial charge in [-0.1, -0.05) is 32.3 Å². The van der Waals surface area contributed by atoms with Crippen LogP contribution in [-0.2, 0) is 33.2 Å². The Morgan fingerprint density at radius 3 is 1.09 bits per heavy atom. The molecule has 0 aliphatic heterocycles. The highest BCUT2D eigenvalue weighted by Gasteiger charge is 2.27. The number of hydrogen-bond donors (Lipinski definition) is 0. The fourth-order valence-electron chi connectivity index (χ4n) is 4.63. The van der Waals surface area contributed by atoms with Gasteiger partial charge in [0.2, 0.25) is 0 Å². The van der Waals surface area contributed by atoms with E-state index in [1.165, 1.54) is 19.3 Å². The van der Waals surface area contributed by atoms with Crippen LogP contribution in [0.5, 0.6) is 0 Å². The summed E-state index contributed by atoms with van der Waals surface area (Å²) in [5, 5.41) is 0. The highest BCUT2D eigenvalue weighted by atomic mass is 16.5. The molecule has 0 N–H and O–H groups in total. The molecule has 0 saturated carbocycles. The minimum atomic E-state index is 0.00841. The minimum absolute atomic E-state index is 0.00841. The summed E-state index contributed by atoms with van der Waals surface area (Å²) in [6, 6.07) is 0. The molecule has 0 radical (unpaired) electrons. The molecule has 0 aliphatic carbocycles. The van der Waals surface area contributed by atoms with Gasteiger partial charge in [0.05, 0.1) is 42.7 Å². The molecule has 0 unspecified atom stereocenters. The number of hydrogen-bond acceptors (Lipinski definition) is 7. The zero-order chi connectivity index (χ0) is 26.5. The van der Waals surface area contributed by atoms with Crippen LogP contribution in [0.2, 0.25) is 0 Å². The van der Waals surface area contributed by atoms with Gasteiger partial charge in [-0.05, 0) is 44.9 Å². The smallest absolute Gasteiger partial charge is 0.0630 e. The van der Waals surface area contributed by atoms with Crippen molar-refractivity contribution in [1.82, 2.24) is 0 Å². The quantitative estimate of drug-likeness (QED) is 0.119. The zero-order valence-electron chi connectivity index (χ0n) is 24.0. The van der Waals surface area contributed by atoms with Crippen LogP contribution in [-0.4, -0.2) is 92.5 Å². The van der Waals surface area contributed by atoms with Crippen molar-refractivity contribution in [3.8, 4) is 0 Å². The highest BCUT2D eigenvalue weighted by molar-refractivity contribution is 4.80. The second kappa shape index (κ2) is 22.6. The largest absolute Gasteiger partial charge is 0.381 e. The van der Waals surface area contributed by atoms with Gasteiger partial charge in [-0.2, -0.15) is 0 Å². The molecule has 7 atom stereocenters. The first kappa shape index (κ1) is 34.5. The Bertz CT molecular complexity index is 476. The van der Waals surface area contributed by atoms with Crippen molar-refractivity contribution >= 4 is 0 Å². The Hall–Kier alpha value is -0.540. The summed E-state index contributed by atoms with van der Waals surface area (Å²) in [5.41, 5.74) is 0. The second-order valence-electron chi connectivity index (χ2n) is 9.44. The lowest BCUT2D eigenvalue weighted by molar-refractivity contribution is -0.0533. The van der Waals surface area contributed by atoms with Crippen LogP contribution in [0.4, 0.5) is 0 Å². The molecule has 0 saturated heterocycles. The van der Waals surface area contributed by atoms with Crippen LogP contribution >= 0.6 is 0 Å². The van der Waals surface area contributed by atoms with E-state index in [9.17, 15) is 0 Å². The number of unbranched alkanes of at least 4 members (excludes halogenated alkanes) is 2. The summed E-state index contributed by atoms with van der Waals surface area (Å²) in [5.74, 6) is 0. The number of ether oxygens (including phenoxy) is 7. The molecule has 7 heteroatoms. The van der Waals surface area contributed by atoms with Crippen molar-refractivity contribution in [3.05, 3.63) is 12.7 Å². The van der Waals surface area contributed by atoms with Gasteiger partial charge in [0.1, 0.15) is 0 Å². The topological polar surface area (TPSA) is 64.6 Å². The molecule has 0 bridgehead atoms. The van der Waals surface area contributed by atoms with Crippen LogP contribution < -0.4 is 0 Å². The van der Waals surface area contributed by atoms with E-state index >= 15 is 0 Å². The fraction of sp³-hybridized carbons (Fsp3) is 0.929. The van der Waals surface area contributed by atoms with E-state index in [0.29, 0.717) is 0 Å².